The van der Waals surface area contributed by atoms with Gasteiger partial charge in [0.15, 0.2) is 15.7 Å². The van der Waals surface area contributed by atoms with Crippen LogP contribution in [0.25, 0.3) is 0 Å². The average molecular weight is 295 g/mol. The molecule has 1 heterocycles. The standard InChI is InChI=1S/C9H17N3O2S3/c1-9(2,17(4,13)14)5-11-8-6(15-3)7(10)12-16-8/h11H,5H2,1-4H3,(H2,10,12). The average Bonchev–Trinajstić information content (AvgIpc) is 2.54. The minimum absolute atomic E-state index is 0.334. The maximum absolute atomic E-state index is 11.6. The van der Waals surface area contributed by atoms with Crippen molar-refractivity contribution in [1.29, 1.82) is 0 Å². The van der Waals surface area contributed by atoms with Crippen molar-refractivity contribution in [3.8, 4) is 0 Å². The van der Waals surface area contributed by atoms with Crippen molar-refractivity contribution in [3.05, 3.63) is 0 Å². The molecule has 3 N–H and O–H groups in total. The first-order chi connectivity index (χ1) is 7.69. The molecule has 0 atom stereocenters. The fourth-order valence-corrected chi connectivity index (χ4v) is 2.90. The van der Waals surface area contributed by atoms with Crippen LogP contribution in [0.2, 0.25) is 0 Å². The first kappa shape index (κ1) is 14.6. The van der Waals surface area contributed by atoms with Crippen molar-refractivity contribution >= 4 is 44.0 Å². The predicted octanol–water partition coefficient (Wildman–Crippen LogP) is 1.68. The second kappa shape index (κ2) is 5.03. The number of nitrogen functional groups attached to an aromatic ring is 1. The molecule has 0 aliphatic carbocycles. The molecule has 0 fully saturated rings. The first-order valence-corrected chi connectivity index (χ1v) is 8.80. The molecule has 5 nitrogen and oxygen atoms in total. The highest BCUT2D eigenvalue weighted by Gasteiger charge is 2.30. The molecule has 0 saturated heterocycles. The number of nitrogens with zero attached hydrogens (tertiary/aromatic N) is 1. The third kappa shape index (κ3) is 3.26. The zero-order chi connectivity index (χ0) is 13.3. The Hall–Kier alpha value is -0.470. The van der Waals surface area contributed by atoms with Crippen LogP contribution >= 0.6 is 23.3 Å². The molecular formula is C9H17N3O2S3. The normalized spacial score (nSPS) is 12.7. The fourth-order valence-electron chi connectivity index (χ4n) is 1.03. The van der Waals surface area contributed by atoms with Crippen LogP contribution in [0.4, 0.5) is 10.8 Å². The molecule has 0 unspecified atom stereocenters. The molecule has 98 valence electrons. The molecule has 0 aliphatic heterocycles. The van der Waals surface area contributed by atoms with Gasteiger partial charge >= 0.3 is 0 Å². The Morgan fingerprint density at radius 3 is 2.59 bits per heavy atom. The number of hydrogen-bond acceptors (Lipinski definition) is 7. The van der Waals surface area contributed by atoms with E-state index in [9.17, 15) is 8.42 Å². The van der Waals surface area contributed by atoms with Gasteiger partial charge in [0.05, 0.1) is 9.64 Å². The number of rotatable bonds is 5. The molecule has 1 aromatic rings. The lowest BCUT2D eigenvalue weighted by Crippen LogP contribution is -2.38. The van der Waals surface area contributed by atoms with Gasteiger partial charge in [-0.2, -0.15) is 4.37 Å². The van der Waals surface area contributed by atoms with Crippen LogP contribution in [0.1, 0.15) is 13.8 Å². The van der Waals surface area contributed by atoms with Crippen LogP contribution in [-0.2, 0) is 9.84 Å². The van der Waals surface area contributed by atoms with Crippen LogP contribution in [0.5, 0.6) is 0 Å². The summed E-state index contributed by atoms with van der Waals surface area (Å²) in [4.78, 5) is 0.874. The van der Waals surface area contributed by atoms with E-state index in [1.165, 1.54) is 29.6 Å². The quantitative estimate of drug-likeness (QED) is 0.804. The summed E-state index contributed by atoms with van der Waals surface area (Å²) < 4.78 is 26.3. The van der Waals surface area contributed by atoms with Gasteiger partial charge in [0.2, 0.25) is 0 Å². The van der Waals surface area contributed by atoms with E-state index in [-0.39, 0.29) is 0 Å². The topological polar surface area (TPSA) is 85.1 Å². The summed E-state index contributed by atoms with van der Waals surface area (Å²) in [5.41, 5.74) is 5.70. The summed E-state index contributed by atoms with van der Waals surface area (Å²) in [5, 5.41) is 3.93. The van der Waals surface area contributed by atoms with Gasteiger partial charge in [-0.25, -0.2) is 8.42 Å². The van der Waals surface area contributed by atoms with Crippen molar-refractivity contribution in [2.24, 2.45) is 0 Å². The minimum atomic E-state index is -3.10. The number of thioether (sulfide) groups is 1. The van der Waals surface area contributed by atoms with Crippen LogP contribution in [0.3, 0.4) is 0 Å². The molecule has 0 amide bonds. The number of nitrogens with two attached hydrogens (primary N) is 1. The second-order valence-electron chi connectivity index (χ2n) is 4.32. The number of hydrogen-bond donors (Lipinski definition) is 2. The highest BCUT2D eigenvalue weighted by molar-refractivity contribution is 7.99. The summed E-state index contributed by atoms with van der Waals surface area (Å²) in [6, 6.07) is 0. The van der Waals surface area contributed by atoms with Gasteiger partial charge in [0, 0.05) is 12.8 Å². The molecule has 0 radical (unpaired) electrons. The monoisotopic (exact) mass is 295 g/mol. The van der Waals surface area contributed by atoms with E-state index in [2.05, 4.69) is 9.69 Å². The third-order valence-corrected chi connectivity index (χ3v) is 6.48. The Morgan fingerprint density at radius 1 is 1.53 bits per heavy atom. The SMILES string of the molecule is CSc1c(N)nsc1NCC(C)(C)S(C)(=O)=O. The highest BCUT2D eigenvalue weighted by Crippen LogP contribution is 2.35. The Labute approximate surface area is 110 Å². The Morgan fingerprint density at radius 2 is 2.12 bits per heavy atom. The Bertz CT molecular complexity index is 494. The van der Waals surface area contributed by atoms with Gasteiger partial charge < -0.3 is 11.1 Å². The smallest absolute Gasteiger partial charge is 0.154 e. The molecule has 1 rings (SSSR count). The minimum Gasteiger partial charge on any atom is -0.382 e. The van der Waals surface area contributed by atoms with E-state index < -0.39 is 14.6 Å². The van der Waals surface area contributed by atoms with E-state index in [0.717, 1.165) is 9.90 Å². The lowest BCUT2D eigenvalue weighted by molar-refractivity contribution is 0.560. The number of aromatic nitrogens is 1. The number of sulfone groups is 1. The summed E-state index contributed by atoms with van der Waals surface area (Å²) in [6.07, 6.45) is 3.15. The van der Waals surface area contributed by atoms with Crippen molar-refractivity contribution < 1.29 is 8.42 Å². The van der Waals surface area contributed by atoms with Gasteiger partial charge in [-0.3, -0.25) is 0 Å². The molecular weight excluding hydrogens is 278 g/mol. The summed E-state index contributed by atoms with van der Waals surface area (Å²) in [6.45, 7) is 3.72. The molecule has 8 heteroatoms. The van der Waals surface area contributed by atoms with Gasteiger partial charge in [0.1, 0.15) is 5.00 Å². The van der Waals surface area contributed by atoms with Gasteiger partial charge in [-0.15, -0.1) is 11.8 Å². The maximum Gasteiger partial charge on any atom is 0.154 e. The molecule has 0 aliphatic rings. The van der Waals surface area contributed by atoms with Crippen molar-refractivity contribution in [3.63, 3.8) is 0 Å². The van der Waals surface area contributed by atoms with Crippen LogP contribution in [-0.4, -0.2) is 36.6 Å². The summed E-state index contributed by atoms with van der Waals surface area (Å²) >= 11 is 2.75. The molecule has 17 heavy (non-hydrogen) atoms. The number of nitrogens with one attached hydrogen (secondary N) is 1. The number of anilines is 2. The summed E-state index contributed by atoms with van der Waals surface area (Å²) in [7, 11) is -3.10. The van der Waals surface area contributed by atoms with E-state index >= 15 is 0 Å². The molecule has 0 saturated carbocycles. The molecule has 0 aromatic carbocycles. The van der Waals surface area contributed by atoms with Crippen molar-refractivity contribution in [2.45, 2.75) is 23.5 Å². The van der Waals surface area contributed by atoms with Crippen molar-refractivity contribution in [2.75, 3.05) is 30.1 Å². The lowest BCUT2D eigenvalue weighted by atomic mass is 10.2. The van der Waals surface area contributed by atoms with Gasteiger partial charge in [0.25, 0.3) is 0 Å². The van der Waals surface area contributed by atoms with E-state index in [1.54, 1.807) is 13.8 Å². The molecule has 1 aromatic heterocycles. The largest absolute Gasteiger partial charge is 0.382 e. The Balaban J connectivity index is 2.81. The predicted molar refractivity (Wildman–Crippen MR) is 75.7 cm³/mol. The van der Waals surface area contributed by atoms with E-state index in [0.29, 0.717) is 12.4 Å². The highest BCUT2D eigenvalue weighted by atomic mass is 32.2. The van der Waals surface area contributed by atoms with Gasteiger partial charge in [-0.05, 0) is 31.6 Å². The maximum atomic E-state index is 11.6. The fraction of sp³-hybridized carbons (Fsp3) is 0.667. The third-order valence-electron chi connectivity index (χ3n) is 2.56. The van der Waals surface area contributed by atoms with E-state index in [1.807, 2.05) is 6.26 Å². The van der Waals surface area contributed by atoms with Gasteiger partial charge in [-0.1, -0.05) is 0 Å². The Kier molecular flexibility index (Phi) is 4.32. The second-order valence-corrected chi connectivity index (χ2v) is 8.55. The van der Waals surface area contributed by atoms with Crippen molar-refractivity contribution in [1.82, 2.24) is 4.37 Å². The summed E-state index contributed by atoms with van der Waals surface area (Å²) in [5.74, 6) is 0.488. The zero-order valence-corrected chi connectivity index (χ0v) is 12.7. The molecule has 0 bridgehead atoms. The van der Waals surface area contributed by atoms with Crippen LogP contribution < -0.4 is 11.1 Å². The zero-order valence-electron chi connectivity index (χ0n) is 10.3. The lowest BCUT2D eigenvalue weighted by Gasteiger charge is -2.22. The van der Waals surface area contributed by atoms with Crippen LogP contribution in [0, 0.1) is 0 Å². The molecule has 0 spiro atoms. The first-order valence-electron chi connectivity index (χ1n) is 4.91. The van der Waals surface area contributed by atoms with Crippen LogP contribution in [0.15, 0.2) is 4.90 Å². The van der Waals surface area contributed by atoms with E-state index in [4.69, 9.17) is 5.73 Å².